The molecular formula is C15H21Cl2N3O2. The van der Waals surface area contributed by atoms with Gasteiger partial charge in [0.2, 0.25) is 0 Å². The molecule has 1 atom stereocenters. The molecule has 2 rings (SSSR count). The van der Waals surface area contributed by atoms with Crippen molar-refractivity contribution in [3.05, 3.63) is 22.2 Å². The molecule has 1 fully saturated rings. The van der Waals surface area contributed by atoms with Crippen LogP contribution in [-0.4, -0.2) is 33.1 Å². The van der Waals surface area contributed by atoms with Crippen molar-refractivity contribution in [3.63, 3.8) is 0 Å². The molecule has 0 spiro atoms. The lowest BCUT2D eigenvalue weighted by molar-refractivity contribution is 0.0155. The van der Waals surface area contributed by atoms with Crippen LogP contribution < -0.4 is 0 Å². The van der Waals surface area contributed by atoms with Crippen molar-refractivity contribution in [1.82, 2.24) is 14.9 Å². The third-order valence-electron chi connectivity index (χ3n) is 3.36. The van der Waals surface area contributed by atoms with Crippen LogP contribution in [0.2, 0.25) is 10.3 Å². The smallest absolute Gasteiger partial charge is 0.410 e. The Balaban J connectivity index is 2.29. The van der Waals surface area contributed by atoms with E-state index < -0.39 is 5.60 Å². The van der Waals surface area contributed by atoms with Gasteiger partial charge in [-0.25, -0.2) is 14.8 Å². The number of ether oxygens (including phenoxy) is 1. The van der Waals surface area contributed by atoms with Crippen molar-refractivity contribution in [2.75, 3.05) is 6.54 Å². The van der Waals surface area contributed by atoms with Gasteiger partial charge in [0.15, 0.2) is 5.82 Å². The molecule has 7 heteroatoms. The summed E-state index contributed by atoms with van der Waals surface area (Å²) in [5.41, 5.74) is -0.541. The summed E-state index contributed by atoms with van der Waals surface area (Å²) < 4.78 is 5.51. The van der Waals surface area contributed by atoms with Gasteiger partial charge in [-0.15, -0.1) is 0 Å². The lowest BCUT2D eigenvalue weighted by atomic mass is 10.1. The topological polar surface area (TPSA) is 55.3 Å². The van der Waals surface area contributed by atoms with Crippen molar-refractivity contribution in [2.45, 2.75) is 58.1 Å². The fourth-order valence-corrected chi connectivity index (χ4v) is 2.91. The Bertz CT molecular complexity index is 526. The van der Waals surface area contributed by atoms with E-state index in [0.717, 1.165) is 25.7 Å². The minimum atomic E-state index is -0.541. The van der Waals surface area contributed by atoms with E-state index in [-0.39, 0.29) is 22.4 Å². The zero-order valence-electron chi connectivity index (χ0n) is 13.1. The second-order valence-corrected chi connectivity index (χ2v) is 7.18. The Morgan fingerprint density at radius 3 is 2.45 bits per heavy atom. The van der Waals surface area contributed by atoms with Gasteiger partial charge in [0.05, 0.1) is 6.04 Å². The Morgan fingerprint density at radius 1 is 1.23 bits per heavy atom. The molecule has 1 unspecified atom stereocenters. The maximum absolute atomic E-state index is 12.5. The van der Waals surface area contributed by atoms with E-state index >= 15 is 0 Å². The van der Waals surface area contributed by atoms with E-state index in [1.54, 1.807) is 4.90 Å². The Hall–Kier alpha value is -1.07. The molecule has 1 aromatic heterocycles. The summed E-state index contributed by atoms with van der Waals surface area (Å²) in [6.45, 7) is 6.17. The molecule has 0 aromatic carbocycles. The van der Waals surface area contributed by atoms with Gasteiger partial charge in [-0.3, -0.25) is 4.90 Å². The molecule has 1 amide bonds. The van der Waals surface area contributed by atoms with Crippen molar-refractivity contribution in [3.8, 4) is 0 Å². The number of hydrogen-bond donors (Lipinski definition) is 0. The van der Waals surface area contributed by atoms with Gasteiger partial charge in [-0.2, -0.15) is 0 Å². The highest BCUT2D eigenvalue weighted by atomic mass is 35.5. The second-order valence-electron chi connectivity index (χ2n) is 6.41. The number of carbonyl (C=O) groups is 1. The lowest BCUT2D eigenvalue weighted by Gasteiger charge is -2.31. The number of halogens is 2. The average Bonchev–Trinajstić information content (AvgIpc) is 2.60. The minimum absolute atomic E-state index is 0.256. The van der Waals surface area contributed by atoms with Gasteiger partial charge in [0.1, 0.15) is 15.9 Å². The average molecular weight is 346 g/mol. The fourth-order valence-electron chi connectivity index (χ4n) is 2.47. The largest absolute Gasteiger partial charge is 0.444 e. The molecule has 0 N–H and O–H groups in total. The number of rotatable bonds is 1. The van der Waals surface area contributed by atoms with Crippen LogP contribution in [0.4, 0.5) is 4.79 Å². The number of carbonyl (C=O) groups excluding carboxylic acids is 1. The Kier molecular flexibility index (Phi) is 5.50. The molecule has 0 aliphatic carbocycles. The van der Waals surface area contributed by atoms with Crippen LogP contribution in [0, 0.1) is 0 Å². The zero-order valence-corrected chi connectivity index (χ0v) is 14.6. The Morgan fingerprint density at radius 2 is 1.86 bits per heavy atom. The summed E-state index contributed by atoms with van der Waals surface area (Å²) in [6, 6.07) is 1.23. The Labute approximate surface area is 141 Å². The van der Waals surface area contributed by atoms with Crippen LogP contribution >= 0.6 is 23.2 Å². The van der Waals surface area contributed by atoms with Gasteiger partial charge in [-0.1, -0.05) is 36.0 Å². The third kappa shape index (κ3) is 4.71. The standard InChI is InChI=1S/C15H21Cl2N3O2/c1-15(2,3)22-14(21)20-8-6-4-5-7-10(20)13-18-11(16)9-12(17)19-13/h9-10H,4-8H2,1-3H3. The molecule has 1 aliphatic heterocycles. The van der Waals surface area contributed by atoms with E-state index in [9.17, 15) is 4.79 Å². The van der Waals surface area contributed by atoms with E-state index in [2.05, 4.69) is 9.97 Å². The van der Waals surface area contributed by atoms with E-state index in [1.807, 2.05) is 20.8 Å². The molecule has 1 saturated heterocycles. The van der Waals surface area contributed by atoms with Gasteiger partial charge in [-0.05, 0) is 33.6 Å². The predicted molar refractivity (Wildman–Crippen MR) is 86.2 cm³/mol. The highest BCUT2D eigenvalue weighted by molar-refractivity contribution is 6.33. The summed E-state index contributed by atoms with van der Waals surface area (Å²) >= 11 is 11.9. The molecule has 122 valence electrons. The van der Waals surface area contributed by atoms with Crippen molar-refractivity contribution in [2.24, 2.45) is 0 Å². The number of aromatic nitrogens is 2. The van der Waals surface area contributed by atoms with Crippen LogP contribution in [0.3, 0.4) is 0 Å². The van der Waals surface area contributed by atoms with Gasteiger partial charge < -0.3 is 4.74 Å². The first-order valence-electron chi connectivity index (χ1n) is 7.46. The second kappa shape index (κ2) is 7.01. The fraction of sp³-hybridized carbons (Fsp3) is 0.667. The van der Waals surface area contributed by atoms with Crippen LogP contribution in [0.15, 0.2) is 6.07 Å². The SMILES string of the molecule is CC(C)(C)OC(=O)N1CCCCCC1c1nc(Cl)cc(Cl)n1. The van der Waals surface area contributed by atoms with Gasteiger partial charge in [0, 0.05) is 12.6 Å². The maximum Gasteiger partial charge on any atom is 0.410 e. The number of nitrogens with zero attached hydrogens (tertiary/aromatic N) is 3. The molecule has 1 aliphatic rings. The van der Waals surface area contributed by atoms with Crippen LogP contribution in [-0.2, 0) is 4.74 Å². The summed E-state index contributed by atoms with van der Waals surface area (Å²) in [7, 11) is 0. The maximum atomic E-state index is 12.5. The van der Waals surface area contributed by atoms with Crippen molar-refractivity contribution >= 4 is 29.3 Å². The van der Waals surface area contributed by atoms with E-state index in [4.69, 9.17) is 27.9 Å². The number of likely N-dealkylation sites (tertiary alicyclic amines) is 1. The van der Waals surface area contributed by atoms with Gasteiger partial charge in [0.25, 0.3) is 0 Å². The monoisotopic (exact) mass is 345 g/mol. The molecule has 0 radical (unpaired) electrons. The first-order valence-corrected chi connectivity index (χ1v) is 8.21. The molecule has 22 heavy (non-hydrogen) atoms. The first-order chi connectivity index (χ1) is 10.3. The van der Waals surface area contributed by atoms with Crippen molar-refractivity contribution in [1.29, 1.82) is 0 Å². The first kappa shape index (κ1) is 17.3. The van der Waals surface area contributed by atoms with Crippen molar-refractivity contribution < 1.29 is 9.53 Å². The predicted octanol–water partition coefficient (Wildman–Crippen LogP) is 4.64. The summed E-state index contributed by atoms with van der Waals surface area (Å²) in [6.07, 6.45) is 3.42. The minimum Gasteiger partial charge on any atom is -0.444 e. The molecule has 5 nitrogen and oxygen atoms in total. The number of hydrogen-bond acceptors (Lipinski definition) is 4. The van der Waals surface area contributed by atoms with E-state index in [0.29, 0.717) is 12.4 Å². The van der Waals surface area contributed by atoms with Crippen LogP contribution in [0.5, 0.6) is 0 Å². The number of amides is 1. The van der Waals surface area contributed by atoms with Crippen LogP contribution in [0.25, 0.3) is 0 Å². The lowest BCUT2D eigenvalue weighted by Crippen LogP contribution is -2.39. The van der Waals surface area contributed by atoms with E-state index in [1.165, 1.54) is 6.07 Å². The highest BCUT2D eigenvalue weighted by Gasteiger charge is 2.32. The van der Waals surface area contributed by atoms with Crippen LogP contribution in [0.1, 0.15) is 58.3 Å². The normalized spacial score (nSPS) is 19.7. The summed E-state index contributed by atoms with van der Waals surface area (Å²) in [4.78, 5) is 22.7. The third-order valence-corrected chi connectivity index (χ3v) is 3.75. The summed E-state index contributed by atoms with van der Waals surface area (Å²) in [5.74, 6) is 0.477. The highest BCUT2D eigenvalue weighted by Crippen LogP contribution is 2.30. The van der Waals surface area contributed by atoms with Gasteiger partial charge >= 0.3 is 6.09 Å². The molecular weight excluding hydrogens is 325 g/mol. The molecule has 2 heterocycles. The zero-order chi connectivity index (χ0) is 16.3. The quantitative estimate of drug-likeness (QED) is 0.696. The molecule has 0 saturated carbocycles. The molecule has 0 bridgehead atoms. The summed E-state index contributed by atoms with van der Waals surface area (Å²) in [5, 5.41) is 0.562. The molecule has 1 aromatic rings.